The lowest BCUT2D eigenvalue weighted by molar-refractivity contribution is 0.0696. The van der Waals surface area contributed by atoms with E-state index in [0.29, 0.717) is 5.56 Å². The van der Waals surface area contributed by atoms with Gasteiger partial charge in [0.05, 0.1) is 17.9 Å². The molecule has 0 aliphatic heterocycles. The van der Waals surface area contributed by atoms with Crippen LogP contribution in [0, 0.1) is 0 Å². The number of carboxylic acid groups (broad SMARTS) is 1. The third-order valence-corrected chi connectivity index (χ3v) is 4.79. The van der Waals surface area contributed by atoms with E-state index in [-0.39, 0.29) is 30.5 Å². The summed E-state index contributed by atoms with van der Waals surface area (Å²) in [5.41, 5.74) is 0.462. The molecule has 2 N–H and O–H groups in total. The van der Waals surface area contributed by atoms with E-state index in [0.717, 1.165) is 0 Å². The number of hydrogen-bond acceptors (Lipinski definition) is 4. The molecule has 112 valence electrons. The van der Waals surface area contributed by atoms with Crippen LogP contribution >= 0.6 is 0 Å². The molecule has 0 heterocycles. The SMILES string of the molecule is CC(C)N(CCO)S(=O)(=O)Cc1cccc(C(=O)O)c1. The summed E-state index contributed by atoms with van der Waals surface area (Å²) in [5.74, 6) is -1.38. The van der Waals surface area contributed by atoms with Gasteiger partial charge in [-0.2, -0.15) is 4.31 Å². The Morgan fingerprint density at radius 2 is 2.00 bits per heavy atom. The predicted octanol–water partition coefficient (Wildman–Crippen LogP) is 0.917. The normalized spacial score (nSPS) is 12.1. The van der Waals surface area contributed by atoms with Crippen molar-refractivity contribution in [1.82, 2.24) is 4.31 Å². The fourth-order valence-electron chi connectivity index (χ4n) is 1.90. The average molecular weight is 301 g/mol. The minimum atomic E-state index is -3.60. The molecular formula is C13H19NO5S. The molecule has 0 aromatic heterocycles. The number of aliphatic hydroxyl groups is 1. The van der Waals surface area contributed by atoms with Crippen molar-refractivity contribution in [3.63, 3.8) is 0 Å². The van der Waals surface area contributed by atoms with Gasteiger partial charge in [-0.15, -0.1) is 0 Å². The van der Waals surface area contributed by atoms with Gasteiger partial charge < -0.3 is 10.2 Å². The second-order valence-electron chi connectivity index (χ2n) is 4.69. The summed E-state index contributed by atoms with van der Waals surface area (Å²) < 4.78 is 25.8. The summed E-state index contributed by atoms with van der Waals surface area (Å²) >= 11 is 0. The van der Waals surface area contributed by atoms with Crippen molar-refractivity contribution in [2.75, 3.05) is 13.2 Å². The van der Waals surface area contributed by atoms with Crippen LogP contribution in [0.4, 0.5) is 0 Å². The summed E-state index contributed by atoms with van der Waals surface area (Å²) in [6.07, 6.45) is 0. The lowest BCUT2D eigenvalue weighted by Crippen LogP contribution is -2.39. The molecule has 0 fully saturated rings. The van der Waals surface area contributed by atoms with E-state index in [1.165, 1.54) is 22.5 Å². The van der Waals surface area contributed by atoms with E-state index in [2.05, 4.69) is 0 Å². The van der Waals surface area contributed by atoms with Crippen LogP contribution < -0.4 is 0 Å². The maximum Gasteiger partial charge on any atom is 0.335 e. The van der Waals surface area contributed by atoms with Crippen LogP contribution in [0.3, 0.4) is 0 Å². The molecule has 0 aliphatic rings. The van der Waals surface area contributed by atoms with E-state index in [1.54, 1.807) is 19.9 Å². The van der Waals surface area contributed by atoms with Crippen LogP contribution in [0.5, 0.6) is 0 Å². The molecule has 6 nitrogen and oxygen atoms in total. The van der Waals surface area contributed by atoms with Gasteiger partial charge in [0.15, 0.2) is 0 Å². The van der Waals surface area contributed by atoms with Crippen molar-refractivity contribution in [1.29, 1.82) is 0 Å². The van der Waals surface area contributed by atoms with Crippen LogP contribution in [0.15, 0.2) is 24.3 Å². The number of hydrogen-bond donors (Lipinski definition) is 2. The molecule has 1 rings (SSSR count). The molecule has 20 heavy (non-hydrogen) atoms. The van der Waals surface area contributed by atoms with Gasteiger partial charge in [0.2, 0.25) is 10.0 Å². The van der Waals surface area contributed by atoms with Crippen molar-refractivity contribution >= 4 is 16.0 Å². The zero-order valence-electron chi connectivity index (χ0n) is 11.5. The standard InChI is InChI=1S/C13H19NO5S/c1-10(2)14(6-7-15)20(18,19)9-11-4-3-5-12(8-11)13(16)17/h3-5,8,10,15H,6-7,9H2,1-2H3,(H,16,17). The van der Waals surface area contributed by atoms with Gasteiger partial charge in [0.1, 0.15) is 0 Å². The Morgan fingerprint density at radius 1 is 1.35 bits per heavy atom. The summed E-state index contributed by atoms with van der Waals surface area (Å²) in [4.78, 5) is 10.9. The predicted molar refractivity (Wildman–Crippen MR) is 75.0 cm³/mol. The average Bonchev–Trinajstić information content (AvgIpc) is 2.35. The first-order chi connectivity index (χ1) is 9.27. The minimum Gasteiger partial charge on any atom is -0.478 e. The second kappa shape index (κ2) is 6.83. The van der Waals surface area contributed by atoms with Gasteiger partial charge in [-0.3, -0.25) is 0 Å². The third kappa shape index (κ3) is 4.29. The Bertz CT molecular complexity index is 568. The molecule has 7 heteroatoms. The highest BCUT2D eigenvalue weighted by Crippen LogP contribution is 2.15. The van der Waals surface area contributed by atoms with E-state index in [4.69, 9.17) is 10.2 Å². The molecule has 0 aliphatic carbocycles. The van der Waals surface area contributed by atoms with E-state index in [9.17, 15) is 13.2 Å². The Labute approximate surface area is 118 Å². The highest BCUT2D eigenvalue weighted by atomic mass is 32.2. The van der Waals surface area contributed by atoms with Gasteiger partial charge in [-0.05, 0) is 31.5 Å². The summed E-state index contributed by atoms with van der Waals surface area (Å²) in [6.45, 7) is 3.22. The molecule has 0 amide bonds. The van der Waals surface area contributed by atoms with Crippen molar-refractivity contribution in [2.24, 2.45) is 0 Å². The molecule has 0 atom stereocenters. The molecule has 0 radical (unpaired) electrons. The molecule has 0 saturated heterocycles. The maximum atomic E-state index is 12.3. The van der Waals surface area contributed by atoms with Gasteiger partial charge >= 0.3 is 5.97 Å². The largest absolute Gasteiger partial charge is 0.478 e. The number of rotatable bonds is 7. The first-order valence-electron chi connectivity index (χ1n) is 6.20. The fraction of sp³-hybridized carbons (Fsp3) is 0.462. The molecule has 0 bridgehead atoms. The van der Waals surface area contributed by atoms with Crippen molar-refractivity contribution in [3.05, 3.63) is 35.4 Å². The zero-order chi connectivity index (χ0) is 15.3. The highest BCUT2D eigenvalue weighted by molar-refractivity contribution is 7.88. The topological polar surface area (TPSA) is 94.9 Å². The Balaban J connectivity index is 3.00. The monoisotopic (exact) mass is 301 g/mol. The van der Waals surface area contributed by atoms with Gasteiger partial charge in [0, 0.05) is 12.6 Å². The number of sulfonamides is 1. The summed E-state index contributed by atoms with van der Waals surface area (Å²) in [7, 11) is -3.60. The molecule has 0 spiro atoms. The zero-order valence-corrected chi connectivity index (χ0v) is 12.3. The number of carboxylic acids is 1. The highest BCUT2D eigenvalue weighted by Gasteiger charge is 2.24. The number of aliphatic hydroxyl groups excluding tert-OH is 1. The second-order valence-corrected chi connectivity index (χ2v) is 6.61. The number of nitrogens with zero attached hydrogens (tertiary/aromatic N) is 1. The molecule has 1 aromatic carbocycles. The molecule has 1 aromatic rings. The lowest BCUT2D eigenvalue weighted by Gasteiger charge is -2.25. The fourth-order valence-corrected chi connectivity index (χ4v) is 3.67. The Hall–Kier alpha value is -1.44. The summed E-state index contributed by atoms with van der Waals surface area (Å²) in [6, 6.07) is 5.57. The molecule has 0 saturated carbocycles. The van der Waals surface area contributed by atoms with Gasteiger partial charge in [0.25, 0.3) is 0 Å². The lowest BCUT2D eigenvalue weighted by atomic mass is 10.1. The quantitative estimate of drug-likeness (QED) is 0.781. The van der Waals surface area contributed by atoms with Crippen LogP contribution in [0.1, 0.15) is 29.8 Å². The molecular weight excluding hydrogens is 282 g/mol. The molecule has 0 unspecified atom stereocenters. The first-order valence-corrected chi connectivity index (χ1v) is 7.81. The third-order valence-electron chi connectivity index (χ3n) is 2.78. The Morgan fingerprint density at radius 3 is 2.50 bits per heavy atom. The Kier molecular flexibility index (Phi) is 5.67. The van der Waals surface area contributed by atoms with Crippen molar-refractivity contribution in [3.8, 4) is 0 Å². The number of benzene rings is 1. The van der Waals surface area contributed by atoms with E-state index < -0.39 is 16.0 Å². The van der Waals surface area contributed by atoms with Crippen LogP contribution in [0.25, 0.3) is 0 Å². The van der Waals surface area contributed by atoms with E-state index in [1.807, 2.05) is 0 Å². The van der Waals surface area contributed by atoms with Crippen LogP contribution in [0.2, 0.25) is 0 Å². The van der Waals surface area contributed by atoms with Crippen molar-refractivity contribution < 1.29 is 23.4 Å². The number of carbonyl (C=O) groups is 1. The van der Waals surface area contributed by atoms with E-state index >= 15 is 0 Å². The number of aromatic carboxylic acids is 1. The first kappa shape index (κ1) is 16.6. The van der Waals surface area contributed by atoms with Gasteiger partial charge in [-0.1, -0.05) is 12.1 Å². The minimum absolute atomic E-state index is 0.0264. The summed E-state index contributed by atoms with van der Waals surface area (Å²) in [5, 5.41) is 17.8. The maximum absolute atomic E-state index is 12.3. The smallest absolute Gasteiger partial charge is 0.335 e. The van der Waals surface area contributed by atoms with Gasteiger partial charge in [-0.25, -0.2) is 13.2 Å². The van der Waals surface area contributed by atoms with Crippen LogP contribution in [-0.2, 0) is 15.8 Å². The van der Waals surface area contributed by atoms with Crippen LogP contribution in [-0.4, -0.2) is 48.1 Å². The van der Waals surface area contributed by atoms with Crippen molar-refractivity contribution in [2.45, 2.75) is 25.6 Å².